The molecule has 2 unspecified atom stereocenters. The summed E-state index contributed by atoms with van der Waals surface area (Å²) in [6.45, 7) is 0.992. The van der Waals surface area contributed by atoms with Gasteiger partial charge in [-0.1, -0.05) is 6.07 Å². The molecule has 1 aromatic carbocycles. The quantitative estimate of drug-likeness (QED) is 0.771. The van der Waals surface area contributed by atoms with Crippen molar-refractivity contribution < 1.29 is 14.3 Å². The second-order valence-electron chi connectivity index (χ2n) is 4.31. The zero-order valence-electron chi connectivity index (χ0n) is 9.31. The SMILES string of the molecule is NC1CC1NC(=O)c1cccc2c1OCCO2. The van der Waals surface area contributed by atoms with Crippen LogP contribution in [-0.4, -0.2) is 31.2 Å². The number of carbonyl (C=O) groups is 1. The summed E-state index contributed by atoms with van der Waals surface area (Å²) >= 11 is 0. The Morgan fingerprint density at radius 1 is 1.35 bits per heavy atom. The van der Waals surface area contributed by atoms with E-state index in [0.717, 1.165) is 6.42 Å². The maximum atomic E-state index is 12.0. The minimum absolute atomic E-state index is 0.0932. The first-order valence-corrected chi connectivity index (χ1v) is 5.71. The van der Waals surface area contributed by atoms with Crippen LogP contribution in [0.4, 0.5) is 0 Å². The van der Waals surface area contributed by atoms with E-state index in [4.69, 9.17) is 15.2 Å². The molecule has 0 saturated heterocycles. The topological polar surface area (TPSA) is 73.6 Å². The van der Waals surface area contributed by atoms with Gasteiger partial charge in [-0.3, -0.25) is 4.79 Å². The highest BCUT2D eigenvalue weighted by atomic mass is 16.6. The van der Waals surface area contributed by atoms with Crippen LogP contribution in [0.5, 0.6) is 11.5 Å². The van der Waals surface area contributed by atoms with Crippen molar-refractivity contribution in [2.24, 2.45) is 5.73 Å². The van der Waals surface area contributed by atoms with E-state index in [9.17, 15) is 4.79 Å². The van der Waals surface area contributed by atoms with Crippen LogP contribution < -0.4 is 20.5 Å². The summed E-state index contributed by atoms with van der Waals surface area (Å²) in [5, 5.41) is 2.87. The largest absolute Gasteiger partial charge is 0.486 e. The molecule has 2 atom stereocenters. The van der Waals surface area contributed by atoms with Crippen LogP contribution in [0.2, 0.25) is 0 Å². The molecule has 90 valence electrons. The fourth-order valence-corrected chi connectivity index (χ4v) is 1.88. The highest BCUT2D eigenvalue weighted by molar-refractivity contribution is 5.98. The fourth-order valence-electron chi connectivity index (χ4n) is 1.88. The van der Waals surface area contributed by atoms with E-state index >= 15 is 0 Å². The van der Waals surface area contributed by atoms with Crippen molar-refractivity contribution in [3.05, 3.63) is 23.8 Å². The molecule has 1 saturated carbocycles. The number of carbonyl (C=O) groups excluding carboxylic acids is 1. The first-order valence-electron chi connectivity index (χ1n) is 5.71. The van der Waals surface area contributed by atoms with E-state index in [1.54, 1.807) is 18.2 Å². The molecule has 2 aliphatic rings. The predicted molar refractivity (Wildman–Crippen MR) is 61.3 cm³/mol. The van der Waals surface area contributed by atoms with Gasteiger partial charge in [-0.15, -0.1) is 0 Å². The minimum atomic E-state index is -0.148. The molecule has 5 heteroatoms. The van der Waals surface area contributed by atoms with Gasteiger partial charge in [-0.2, -0.15) is 0 Å². The maximum absolute atomic E-state index is 12.0. The fraction of sp³-hybridized carbons (Fsp3) is 0.417. The number of rotatable bonds is 2. The standard InChI is InChI=1S/C12H14N2O3/c13-8-6-9(8)14-12(15)7-2-1-3-10-11(7)17-5-4-16-10/h1-3,8-9H,4-6,13H2,(H,14,15). The van der Waals surface area contributed by atoms with Gasteiger partial charge >= 0.3 is 0 Å². The van der Waals surface area contributed by atoms with Gasteiger partial charge in [0.05, 0.1) is 5.56 Å². The van der Waals surface area contributed by atoms with Crippen molar-refractivity contribution in [3.8, 4) is 11.5 Å². The van der Waals surface area contributed by atoms with Gasteiger partial charge < -0.3 is 20.5 Å². The van der Waals surface area contributed by atoms with Crippen LogP contribution >= 0.6 is 0 Å². The van der Waals surface area contributed by atoms with Crippen molar-refractivity contribution >= 4 is 5.91 Å². The lowest BCUT2D eigenvalue weighted by molar-refractivity contribution is 0.0939. The number of nitrogens with one attached hydrogen (secondary N) is 1. The smallest absolute Gasteiger partial charge is 0.255 e. The lowest BCUT2D eigenvalue weighted by Gasteiger charge is -2.20. The molecule has 0 aromatic heterocycles. The molecule has 3 rings (SSSR count). The van der Waals surface area contributed by atoms with Crippen LogP contribution in [0.1, 0.15) is 16.8 Å². The summed E-state index contributed by atoms with van der Waals surface area (Å²) in [5.41, 5.74) is 6.18. The van der Waals surface area contributed by atoms with Gasteiger partial charge in [0.1, 0.15) is 13.2 Å². The number of ether oxygens (including phenoxy) is 2. The highest BCUT2D eigenvalue weighted by Crippen LogP contribution is 2.33. The third-order valence-corrected chi connectivity index (χ3v) is 2.97. The molecule has 1 heterocycles. The summed E-state index contributed by atoms with van der Waals surface area (Å²) in [6, 6.07) is 5.51. The van der Waals surface area contributed by atoms with Gasteiger partial charge in [-0.05, 0) is 18.6 Å². The van der Waals surface area contributed by atoms with Crippen molar-refractivity contribution in [1.29, 1.82) is 0 Å². The minimum Gasteiger partial charge on any atom is -0.486 e. The van der Waals surface area contributed by atoms with Crippen molar-refractivity contribution in [3.63, 3.8) is 0 Å². The molecule has 1 aliphatic heterocycles. The summed E-state index contributed by atoms with van der Waals surface area (Å²) < 4.78 is 10.9. The van der Waals surface area contributed by atoms with Crippen molar-refractivity contribution in [1.82, 2.24) is 5.32 Å². The van der Waals surface area contributed by atoms with Gasteiger partial charge in [0.25, 0.3) is 5.91 Å². The molecule has 1 fully saturated rings. The van der Waals surface area contributed by atoms with Crippen LogP contribution in [0, 0.1) is 0 Å². The monoisotopic (exact) mass is 234 g/mol. The number of amides is 1. The summed E-state index contributed by atoms with van der Waals surface area (Å²) in [4.78, 5) is 12.0. The number of benzene rings is 1. The molecule has 0 radical (unpaired) electrons. The van der Waals surface area contributed by atoms with E-state index in [2.05, 4.69) is 5.32 Å². The predicted octanol–water partition coefficient (Wildman–Crippen LogP) is 0.287. The maximum Gasteiger partial charge on any atom is 0.255 e. The van der Waals surface area contributed by atoms with Crippen LogP contribution in [-0.2, 0) is 0 Å². The average Bonchev–Trinajstić information content (AvgIpc) is 3.04. The van der Waals surface area contributed by atoms with E-state index in [1.807, 2.05) is 0 Å². The number of para-hydroxylation sites is 1. The number of hydrogen-bond acceptors (Lipinski definition) is 4. The molecule has 1 amide bonds. The first-order chi connectivity index (χ1) is 8.25. The Hall–Kier alpha value is -1.75. The number of hydrogen-bond donors (Lipinski definition) is 2. The third kappa shape index (κ3) is 1.93. The molecule has 1 aromatic rings. The Morgan fingerprint density at radius 3 is 2.88 bits per heavy atom. The lowest BCUT2D eigenvalue weighted by Crippen LogP contribution is -2.30. The molecular formula is C12H14N2O3. The first kappa shape index (κ1) is 10.4. The molecule has 17 heavy (non-hydrogen) atoms. The Bertz CT molecular complexity index is 461. The van der Waals surface area contributed by atoms with Crippen LogP contribution in [0.3, 0.4) is 0 Å². The zero-order valence-corrected chi connectivity index (χ0v) is 9.31. The molecule has 1 aliphatic carbocycles. The van der Waals surface area contributed by atoms with E-state index in [-0.39, 0.29) is 18.0 Å². The summed E-state index contributed by atoms with van der Waals surface area (Å²) in [7, 11) is 0. The molecule has 0 bridgehead atoms. The van der Waals surface area contributed by atoms with E-state index < -0.39 is 0 Å². The Morgan fingerprint density at radius 2 is 2.12 bits per heavy atom. The molecule has 5 nitrogen and oxygen atoms in total. The normalized spacial score (nSPS) is 25.2. The number of nitrogens with two attached hydrogens (primary N) is 1. The second-order valence-corrected chi connectivity index (χ2v) is 4.31. The Kier molecular flexibility index (Phi) is 2.40. The third-order valence-electron chi connectivity index (χ3n) is 2.97. The summed E-state index contributed by atoms with van der Waals surface area (Å²) in [5.74, 6) is 1.01. The second kappa shape index (κ2) is 3.92. The van der Waals surface area contributed by atoms with E-state index in [1.165, 1.54) is 0 Å². The summed E-state index contributed by atoms with van der Waals surface area (Å²) in [6.07, 6.45) is 0.845. The Balaban J connectivity index is 1.84. The van der Waals surface area contributed by atoms with E-state index in [0.29, 0.717) is 30.3 Å². The van der Waals surface area contributed by atoms with Gasteiger partial charge in [0.2, 0.25) is 0 Å². The van der Waals surface area contributed by atoms with Gasteiger partial charge in [-0.25, -0.2) is 0 Å². The lowest BCUT2D eigenvalue weighted by atomic mass is 10.1. The highest BCUT2D eigenvalue weighted by Gasteiger charge is 2.35. The van der Waals surface area contributed by atoms with Crippen molar-refractivity contribution in [2.45, 2.75) is 18.5 Å². The number of fused-ring (bicyclic) bond motifs is 1. The average molecular weight is 234 g/mol. The van der Waals surface area contributed by atoms with Gasteiger partial charge in [0.15, 0.2) is 11.5 Å². The zero-order chi connectivity index (χ0) is 11.8. The Labute approximate surface area is 98.9 Å². The molecular weight excluding hydrogens is 220 g/mol. The molecule has 3 N–H and O–H groups in total. The van der Waals surface area contributed by atoms with Gasteiger partial charge in [0, 0.05) is 12.1 Å². The van der Waals surface area contributed by atoms with Crippen molar-refractivity contribution in [2.75, 3.05) is 13.2 Å². The molecule has 0 spiro atoms. The van der Waals surface area contributed by atoms with Crippen LogP contribution in [0.25, 0.3) is 0 Å². The van der Waals surface area contributed by atoms with Crippen LogP contribution in [0.15, 0.2) is 18.2 Å².